The molecule has 1 spiro atoms. The van der Waals surface area contributed by atoms with Gasteiger partial charge in [-0.25, -0.2) is 9.59 Å². The Kier molecular flexibility index (Phi) is 9.99. The van der Waals surface area contributed by atoms with Crippen molar-refractivity contribution in [1.29, 1.82) is 0 Å². The number of ether oxygens (including phenoxy) is 6. The molecule has 3 aliphatic rings. The normalized spacial score (nSPS) is 33.8. The Hall–Kier alpha value is -4.59. The van der Waals surface area contributed by atoms with Crippen LogP contribution in [0.3, 0.4) is 0 Å². The minimum atomic E-state index is -2.29. The molecular formula is C37H42O13. The van der Waals surface area contributed by atoms with E-state index in [2.05, 4.69) is 0 Å². The first-order valence-electron chi connectivity index (χ1n) is 16.2. The van der Waals surface area contributed by atoms with Crippen molar-refractivity contribution in [3.63, 3.8) is 0 Å². The van der Waals surface area contributed by atoms with E-state index in [1.54, 1.807) is 62.4 Å². The van der Waals surface area contributed by atoms with E-state index in [1.807, 2.05) is 0 Å². The van der Waals surface area contributed by atoms with E-state index in [1.165, 1.54) is 25.1 Å². The predicted molar refractivity (Wildman–Crippen MR) is 174 cm³/mol. The molecule has 2 aromatic carbocycles. The smallest absolute Gasteiger partial charge is 0.338 e. The third-order valence-electron chi connectivity index (χ3n) is 9.91. The second-order valence-electron chi connectivity index (χ2n) is 13.7. The minimum absolute atomic E-state index is 0.0860. The van der Waals surface area contributed by atoms with Crippen LogP contribution in [0.5, 0.6) is 0 Å². The molecule has 0 unspecified atom stereocenters. The van der Waals surface area contributed by atoms with E-state index in [-0.39, 0.29) is 5.56 Å². The Morgan fingerprint density at radius 1 is 0.820 bits per heavy atom. The summed E-state index contributed by atoms with van der Waals surface area (Å²) >= 11 is 0. The van der Waals surface area contributed by atoms with E-state index in [9.17, 15) is 34.2 Å². The highest BCUT2D eigenvalue weighted by Crippen LogP contribution is 2.69. The van der Waals surface area contributed by atoms with E-state index in [0.29, 0.717) is 5.56 Å². The Morgan fingerprint density at radius 3 is 2.00 bits per heavy atom. The van der Waals surface area contributed by atoms with Gasteiger partial charge < -0.3 is 38.6 Å². The second-order valence-corrected chi connectivity index (χ2v) is 13.7. The molecule has 1 saturated heterocycles. The first kappa shape index (κ1) is 36.7. The number of aliphatic hydroxyl groups excluding tert-OH is 1. The van der Waals surface area contributed by atoms with Crippen molar-refractivity contribution in [1.82, 2.24) is 0 Å². The summed E-state index contributed by atoms with van der Waals surface area (Å²) in [5.74, 6) is -5.48. The van der Waals surface area contributed by atoms with Crippen LogP contribution in [0.15, 0.2) is 66.7 Å². The summed E-state index contributed by atoms with van der Waals surface area (Å²) in [6.07, 6.45) is -6.04. The quantitative estimate of drug-likeness (QED) is 0.222. The van der Waals surface area contributed by atoms with Gasteiger partial charge in [0.1, 0.15) is 29.8 Å². The summed E-state index contributed by atoms with van der Waals surface area (Å²) < 4.78 is 36.3. The summed E-state index contributed by atoms with van der Waals surface area (Å²) in [6.45, 7) is 7.06. The van der Waals surface area contributed by atoms with Crippen LogP contribution in [0, 0.1) is 11.3 Å². The van der Waals surface area contributed by atoms with Crippen LogP contribution >= 0.6 is 0 Å². The predicted octanol–water partition coefficient (Wildman–Crippen LogP) is 2.94. The molecular weight excluding hydrogens is 652 g/mol. The molecule has 3 fully saturated rings. The van der Waals surface area contributed by atoms with Gasteiger partial charge in [0, 0.05) is 33.3 Å². The maximum absolute atomic E-state index is 13.9. The largest absolute Gasteiger partial charge is 0.465 e. The maximum Gasteiger partial charge on any atom is 0.338 e. The molecule has 268 valence electrons. The number of hydrogen-bond acceptors (Lipinski definition) is 13. The van der Waals surface area contributed by atoms with Gasteiger partial charge in [-0.3, -0.25) is 14.4 Å². The van der Waals surface area contributed by atoms with Crippen molar-refractivity contribution in [2.75, 3.05) is 6.61 Å². The summed E-state index contributed by atoms with van der Waals surface area (Å²) in [5, 5.41) is 24.9. The standard InChI is InChI=1S/C37H42O13/c1-21(38)45-20-36-31(48-27(41)18-17-24-13-9-7-10-14-24)26(46-22(2)39)19-35(6,44)37(36)30(42)28(34(4,5)50-37)29(47-23(3)40)32(36)49-33(43)25-15-11-8-12-16-25/h7-18,26,28-32,42,44H,19-20H2,1-6H3/t26-,28+,29-,30+,31-,32+,35-,36-,37+/m0/s1. The molecule has 2 aromatic rings. The Labute approximate surface area is 289 Å². The molecule has 2 N–H and O–H groups in total. The highest BCUT2D eigenvalue weighted by atomic mass is 16.6. The molecule has 0 amide bonds. The third kappa shape index (κ3) is 6.29. The van der Waals surface area contributed by atoms with Crippen molar-refractivity contribution in [2.45, 2.75) is 95.3 Å². The molecule has 2 saturated carbocycles. The maximum atomic E-state index is 13.9. The molecule has 1 aliphatic heterocycles. The summed E-state index contributed by atoms with van der Waals surface area (Å²) in [7, 11) is 0. The van der Waals surface area contributed by atoms with Crippen LogP contribution in [0.1, 0.15) is 63.9 Å². The fourth-order valence-electron chi connectivity index (χ4n) is 8.24. The number of carbonyl (C=O) groups excluding carboxylic acids is 5. The second kappa shape index (κ2) is 13.6. The molecule has 0 radical (unpaired) electrons. The van der Waals surface area contributed by atoms with Crippen LogP contribution in [-0.4, -0.2) is 94.0 Å². The SMILES string of the molecule is CC(=O)OC[C@]12[C@H](OC(=O)c3ccccc3)[C@@H](OC(C)=O)[C@@H]3[C@@H](O)[C@@]1(OC3(C)C)[C@@](C)(O)C[C@H](OC(C)=O)[C@@H]2OC(=O)C=Cc1ccccc1. The average molecular weight is 695 g/mol. The lowest BCUT2D eigenvalue weighted by molar-refractivity contribution is -0.362. The van der Waals surface area contributed by atoms with Gasteiger partial charge in [0.2, 0.25) is 0 Å². The highest BCUT2D eigenvalue weighted by molar-refractivity contribution is 5.90. The fraction of sp³-hybridized carbons (Fsp3) is 0.486. The van der Waals surface area contributed by atoms with Gasteiger partial charge in [0.15, 0.2) is 12.2 Å². The van der Waals surface area contributed by atoms with Gasteiger partial charge in [-0.15, -0.1) is 0 Å². The number of esters is 5. The van der Waals surface area contributed by atoms with Gasteiger partial charge >= 0.3 is 29.8 Å². The fourth-order valence-corrected chi connectivity index (χ4v) is 8.24. The number of fused-ring (bicyclic) bond motifs is 1. The molecule has 9 atom stereocenters. The number of aliphatic hydroxyl groups is 2. The van der Waals surface area contributed by atoms with Crippen molar-refractivity contribution < 1.29 is 62.6 Å². The van der Waals surface area contributed by atoms with Crippen LogP contribution in [-0.2, 0) is 47.6 Å². The van der Waals surface area contributed by atoms with E-state index in [4.69, 9.17) is 28.4 Å². The van der Waals surface area contributed by atoms with Crippen LogP contribution in [0.25, 0.3) is 6.08 Å². The third-order valence-corrected chi connectivity index (χ3v) is 9.91. The molecule has 13 nitrogen and oxygen atoms in total. The van der Waals surface area contributed by atoms with Gasteiger partial charge in [0.25, 0.3) is 0 Å². The zero-order valence-corrected chi connectivity index (χ0v) is 28.7. The first-order chi connectivity index (χ1) is 23.5. The van der Waals surface area contributed by atoms with Crippen molar-refractivity contribution in [2.24, 2.45) is 11.3 Å². The van der Waals surface area contributed by atoms with E-state index in [0.717, 1.165) is 26.8 Å². The number of hydrogen-bond donors (Lipinski definition) is 2. The van der Waals surface area contributed by atoms with Crippen molar-refractivity contribution >= 4 is 35.9 Å². The summed E-state index contributed by atoms with van der Waals surface area (Å²) in [6, 6.07) is 16.7. The minimum Gasteiger partial charge on any atom is -0.465 e. The zero-order valence-electron chi connectivity index (χ0n) is 28.7. The molecule has 0 aromatic heterocycles. The van der Waals surface area contributed by atoms with Crippen molar-refractivity contribution in [3.8, 4) is 0 Å². The summed E-state index contributed by atoms with van der Waals surface area (Å²) in [4.78, 5) is 65.6. The summed E-state index contributed by atoms with van der Waals surface area (Å²) in [5.41, 5.74) is -7.37. The average Bonchev–Trinajstić information content (AvgIpc) is 3.22. The number of carbonyl (C=O) groups is 5. The number of rotatable bonds is 9. The Morgan fingerprint density at radius 2 is 1.42 bits per heavy atom. The van der Waals surface area contributed by atoms with Gasteiger partial charge in [-0.05, 0) is 44.5 Å². The van der Waals surface area contributed by atoms with E-state index >= 15 is 0 Å². The van der Waals surface area contributed by atoms with Crippen LogP contribution < -0.4 is 0 Å². The molecule has 2 aliphatic carbocycles. The highest BCUT2D eigenvalue weighted by Gasteiger charge is 2.88. The van der Waals surface area contributed by atoms with Gasteiger partial charge in [0.05, 0.1) is 28.8 Å². The van der Waals surface area contributed by atoms with Crippen LogP contribution in [0.2, 0.25) is 0 Å². The molecule has 5 rings (SSSR count). The lowest BCUT2D eigenvalue weighted by Gasteiger charge is -2.66. The molecule has 13 heteroatoms. The van der Waals surface area contributed by atoms with Gasteiger partial charge in [-0.2, -0.15) is 0 Å². The molecule has 50 heavy (non-hydrogen) atoms. The molecule has 2 bridgehead atoms. The number of benzene rings is 2. The lowest BCUT2D eigenvalue weighted by atomic mass is 9.45. The first-order valence-corrected chi connectivity index (χ1v) is 16.2. The van der Waals surface area contributed by atoms with Crippen LogP contribution in [0.4, 0.5) is 0 Å². The lowest BCUT2D eigenvalue weighted by Crippen LogP contribution is -2.85. The van der Waals surface area contributed by atoms with Gasteiger partial charge in [-0.1, -0.05) is 48.5 Å². The monoisotopic (exact) mass is 694 g/mol. The molecule has 1 heterocycles. The van der Waals surface area contributed by atoms with E-state index < -0.39 is 102 Å². The zero-order chi connectivity index (χ0) is 36.6. The Balaban J connectivity index is 1.81. The topological polar surface area (TPSA) is 181 Å². The Bertz CT molecular complexity index is 1650. The van der Waals surface area contributed by atoms with Crippen molar-refractivity contribution in [3.05, 3.63) is 77.9 Å².